The Morgan fingerprint density at radius 2 is 2.33 bits per heavy atom. The lowest BCUT2D eigenvalue weighted by Gasteiger charge is -2.17. The third-order valence-electron chi connectivity index (χ3n) is 3.29. The Kier molecular flexibility index (Phi) is 4.65. The van der Waals surface area contributed by atoms with E-state index in [1.807, 2.05) is 17.0 Å². The molecular weight excluding hydrogens is 318 g/mol. The average Bonchev–Trinajstić information content (AvgIpc) is 2.81. The van der Waals surface area contributed by atoms with Crippen molar-refractivity contribution in [3.05, 3.63) is 33.3 Å². The number of amides is 1. The van der Waals surface area contributed by atoms with Crippen molar-refractivity contribution in [1.29, 1.82) is 0 Å². The summed E-state index contributed by atoms with van der Waals surface area (Å²) in [5.41, 5.74) is 0.538. The second-order valence-corrected chi connectivity index (χ2v) is 5.75. The predicted octanol–water partition coefficient (Wildman–Crippen LogP) is 2.95. The zero-order chi connectivity index (χ0) is 13.1. The van der Waals surface area contributed by atoms with Crippen molar-refractivity contribution in [2.75, 3.05) is 19.7 Å². The van der Waals surface area contributed by atoms with Crippen LogP contribution in [0.25, 0.3) is 0 Å². The number of aliphatic hydroxyl groups excluding tert-OH is 1. The summed E-state index contributed by atoms with van der Waals surface area (Å²) in [5.74, 6) is 0.381. The fourth-order valence-electron chi connectivity index (χ4n) is 2.27. The molecule has 3 nitrogen and oxygen atoms in total. The number of rotatable bonds is 3. The Morgan fingerprint density at radius 1 is 1.56 bits per heavy atom. The van der Waals surface area contributed by atoms with Gasteiger partial charge in [-0.2, -0.15) is 0 Å². The molecule has 1 N–H and O–H groups in total. The van der Waals surface area contributed by atoms with E-state index in [-0.39, 0.29) is 12.5 Å². The first-order valence-corrected chi connectivity index (χ1v) is 7.14. The Morgan fingerprint density at radius 3 is 3.06 bits per heavy atom. The topological polar surface area (TPSA) is 40.5 Å². The van der Waals surface area contributed by atoms with Gasteiger partial charge in [-0.15, -0.1) is 0 Å². The van der Waals surface area contributed by atoms with Crippen LogP contribution in [-0.2, 0) is 0 Å². The SMILES string of the molecule is O=C(c1cccc(Br)c1Cl)N1CCC(CCO)C1. The Hall–Kier alpha value is -0.580. The van der Waals surface area contributed by atoms with Gasteiger partial charge in [0.25, 0.3) is 5.91 Å². The number of aliphatic hydroxyl groups is 1. The highest BCUT2D eigenvalue weighted by atomic mass is 79.9. The van der Waals surface area contributed by atoms with Crippen LogP contribution in [0.3, 0.4) is 0 Å². The maximum absolute atomic E-state index is 12.3. The van der Waals surface area contributed by atoms with E-state index >= 15 is 0 Å². The highest BCUT2D eigenvalue weighted by molar-refractivity contribution is 9.10. The van der Waals surface area contributed by atoms with E-state index in [0.717, 1.165) is 23.9 Å². The minimum absolute atomic E-state index is 0.0262. The summed E-state index contributed by atoms with van der Waals surface area (Å²) >= 11 is 9.45. The summed E-state index contributed by atoms with van der Waals surface area (Å²) in [6.45, 7) is 1.64. The van der Waals surface area contributed by atoms with Gasteiger partial charge in [0.15, 0.2) is 0 Å². The number of likely N-dealkylation sites (tertiary alicyclic amines) is 1. The minimum Gasteiger partial charge on any atom is -0.396 e. The van der Waals surface area contributed by atoms with Crippen molar-refractivity contribution < 1.29 is 9.90 Å². The van der Waals surface area contributed by atoms with Gasteiger partial charge in [0.05, 0.1) is 10.6 Å². The number of hydrogen-bond donors (Lipinski definition) is 1. The van der Waals surface area contributed by atoms with Crippen molar-refractivity contribution in [2.24, 2.45) is 5.92 Å². The van der Waals surface area contributed by atoms with E-state index in [2.05, 4.69) is 15.9 Å². The van der Waals surface area contributed by atoms with Gasteiger partial charge in [-0.1, -0.05) is 17.7 Å². The van der Waals surface area contributed by atoms with Crippen LogP contribution in [0.15, 0.2) is 22.7 Å². The molecule has 1 fully saturated rings. The van der Waals surface area contributed by atoms with Gasteiger partial charge < -0.3 is 10.0 Å². The molecule has 0 spiro atoms. The lowest BCUT2D eigenvalue weighted by atomic mass is 10.1. The Labute approximate surface area is 120 Å². The van der Waals surface area contributed by atoms with Crippen LogP contribution in [-0.4, -0.2) is 35.6 Å². The molecule has 1 heterocycles. The number of carbonyl (C=O) groups is 1. The van der Waals surface area contributed by atoms with E-state index < -0.39 is 0 Å². The van der Waals surface area contributed by atoms with Crippen molar-refractivity contribution >= 4 is 33.4 Å². The number of halogens is 2. The summed E-state index contributed by atoms with van der Waals surface area (Å²) in [6, 6.07) is 5.37. The van der Waals surface area contributed by atoms with Crippen LogP contribution in [0.1, 0.15) is 23.2 Å². The molecule has 0 radical (unpaired) electrons. The molecule has 0 aromatic heterocycles. The molecule has 1 aliphatic heterocycles. The van der Waals surface area contributed by atoms with Gasteiger partial charge >= 0.3 is 0 Å². The molecule has 2 rings (SSSR count). The summed E-state index contributed by atoms with van der Waals surface area (Å²) in [6.07, 6.45) is 1.72. The molecule has 1 amide bonds. The highest BCUT2D eigenvalue weighted by Gasteiger charge is 2.27. The molecule has 0 saturated carbocycles. The summed E-state index contributed by atoms with van der Waals surface area (Å²) in [5, 5.41) is 9.38. The van der Waals surface area contributed by atoms with Crippen LogP contribution in [0, 0.1) is 5.92 Å². The van der Waals surface area contributed by atoms with Gasteiger partial charge in [0, 0.05) is 24.2 Å². The second-order valence-electron chi connectivity index (χ2n) is 4.52. The molecule has 1 unspecified atom stereocenters. The fourth-order valence-corrected chi connectivity index (χ4v) is 2.85. The molecule has 1 aliphatic rings. The Bertz CT molecular complexity index is 453. The van der Waals surface area contributed by atoms with E-state index in [1.165, 1.54) is 0 Å². The van der Waals surface area contributed by atoms with Crippen LogP contribution in [0.5, 0.6) is 0 Å². The number of nitrogens with zero attached hydrogens (tertiary/aromatic N) is 1. The van der Waals surface area contributed by atoms with Crippen molar-refractivity contribution in [3.63, 3.8) is 0 Å². The second kappa shape index (κ2) is 6.04. The predicted molar refractivity (Wildman–Crippen MR) is 74.9 cm³/mol. The van der Waals surface area contributed by atoms with Gasteiger partial charge in [0.1, 0.15) is 0 Å². The molecule has 1 saturated heterocycles. The lowest BCUT2D eigenvalue weighted by Crippen LogP contribution is -2.29. The third-order valence-corrected chi connectivity index (χ3v) is 4.59. The Balaban J connectivity index is 2.11. The summed E-state index contributed by atoms with van der Waals surface area (Å²) in [7, 11) is 0. The van der Waals surface area contributed by atoms with Gasteiger partial charge in [0.2, 0.25) is 0 Å². The van der Waals surface area contributed by atoms with Crippen molar-refractivity contribution in [1.82, 2.24) is 4.90 Å². The van der Waals surface area contributed by atoms with Gasteiger partial charge in [-0.3, -0.25) is 4.79 Å². The number of hydrogen-bond acceptors (Lipinski definition) is 2. The molecule has 98 valence electrons. The maximum Gasteiger partial charge on any atom is 0.255 e. The third kappa shape index (κ3) is 2.87. The van der Waals surface area contributed by atoms with Crippen molar-refractivity contribution in [3.8, 4) is 0 Å². The molecule has 18 heavy (non-hydrogen) atoms. The number of benzene rings is 1. The van der Waals surface area contributed by atoms with Crippen molar-refractivity contribution in [2.45, 2.75) is 12.8 Å². The molecular formula is C13H15BrClNO2. The zero-order valence-electron chi connectivity index (χ0n) is 9.90. The molecule has 1 aromatic carbocycles. The van der Waals surface area contributed by atoms with Crippen LogP contribution < -0.4 is 0 Å². The van der Waals surface area contributed by atoms with Gasteiger partial charge in [-0.25, -0.2) is 0 Å². The standard InChI is InChI=1S/C13H15BrClNO2/c14-11-3-1-2-10(12(11)15)13(18)16-6-4-9(8-16)5-7-17/h1-3,9,17H,4-8H2. The van der Waals surface area contributed by atoms with Gasteiger partial charge in [-0.05, 0) is 46.8 Å². The molecule has 0 aliphatic carbocycles. The van der Waals surface area contributed by atoms with E-state index in [4.69, 9.17) is 16.7 Å². The van der Waals surface area contributed by atoms with Crippen LogP contribution in [0.2, 0.25) is 5.02 Å². The highest BCUT2D eigenvalue weighted by Crippen LogP contribution is 2.29. The summed E-state index contributed by atoms with van der Waals surface area (Å²) in [4.78, 5) is 14.1. The molecule has 5 heteroatoms. The molecule has 1 aromatic rings. The first kappa shape index (κ1) is 13.8. The smallest absolute Gasteiger partial charge is 0.255 e. The maximum atomic E-state index is 12.3. The minimum atomic E-state index is -0.0262. The van der Waals surface area contributed by atoms with E-state index in [0.29, 0.717) is 23.0 Å². The average molecular weight is 333 g/mol. The number of carbonyl (C=O) groups excluding carboxylic acids is 1. The fraction of sp³-hybridized carbons (Fsp3) is 0.462. The lowest BCUT2D eigenvalue weighted by molar-refractivity contribution is 0.0785. The largest absolute Gasteiger partial charge is 0.396 e. The molecule has 0 bridgehead atoms. The van der Waals surface area contributed by atoms with Crippen LogP contribution >= 0.6 is 27.5 Å². The first-order valence-electron chi connectivity index (χ1n) is 5.97. The van der Waals surface area contributed by atoms with Crippen LogP contribution in [0.4, 0.5) is 0 Å². The van der Waals surface area contributed by atoms with E-state index in [1.54, 1.807) is 6.07 Å². The normalized spacial score (nSPS) is 19.3. The molecule has 1 atom stereocenters. The summed E-state index contributed by atoms with van der Waals surface area (Å²) < 4.78 is 0.737. The zero-order valence-corrected chi connectivity index (χ0v) is 12.2. The monoisotopic (exact) mass is 331 g/mol. The van der Waals surface area contributed by atoms with E-state index in [9.17, 15) is 4.79 Å². The quantitative estimate of drug-likeness (QED) is 0.924. The first-order chi connectivity index (χ1) is 8.63.